The predicted molar refractivity (Wildman–Crippen MR) is 53.4 cm³/mol. The molecule has 2 rings (SSSR count). The third-order valence-corrected chi connectivity index (χ3v) is 2.00. The van der Waals surface area contributed by atoms with Gasteiger partial charge >= 0.3 is 0 Å². The fourth-order valence-electron chi connectivity index (χ4n) is 1.33. The van der Waals surface area contributed by atoms with Crippen LogP contribution in [0.4, 0.5) is 5.69 Å². The molecule has 0 amide bonds. The Morgan fingerprint density at radius 2 is 2.14 bits per heavy atom. The van der Waals surface area contributed by atoms with E-state index in [9.17, 15) is 0 Å². The van der Waals surface area contributed by atoms with Crippen molar-refractivity contribution in [2.75, 3.05) is 5.73 Å². The summed E-state index contributed by atoms with van der Waals surface area (Å²) in [6.45, 7) is 1.97. The summed E-state index contributed by atoms with van der Waals surface area (Å²) in [4.78, 5) is 1.44. The number of hydrogen-bond donors (Lipinski definition) is 1. The monoisotopic (exact) mass is 189 g/mol. The maximum atomic E-state index is 5.65. The molecular formula is C9H11N5. The van der Waals surface area contributed by atoms with Crippen LogP contribution in [0, 0.1) is 6.92 Å². The number of nitrogens with zero attached hydrogens (tertiary/aromatic N) is 4. The molecule has 14 heavy (non-hydrogen) atoms. The lowest BCUT2D eigenvalue weighted by molar-refractivity contribution is 0.630. The molecule has 1 heterocycles. The molecule has 0 radical (unpaired) electrons. The van der Waals surface area contributed by atoms with Crippen LogP contribution in [0.5, 0.6) is 0 Å². The van der Waals surface area contributed by atoms with Gasteiger partial charge in [0.05, 0.1) is 7.05 Å². The van der Waals surface area contributed by atoms with E-state index in [-0.39, 0.29) is 0 Å². The smallest absolute Gasteiger partial charge is 0.205 e. The van der Waals surface area contributed by atoms with Crippen LogP contribution in [0.2, 0.25) is 0 Å². The molecule has 0 saturated carbocycles. The van der Waals surface area contributed by atoms with Crippen molar-refractivity contribution < 1.29 is 0 Å². The van der Waals surface area contributed by atoms with E-state index in [4.69, 9.17) is 5.73 Å². The lowest BCUT2D eigenvalue weighted by Gasteiger charge is -2.01. The molecule has 0 fully saturated rings. The van der Waals surface area contributed by atoms with E-state index in [0.29, 0.717) is 5.82 Å². The number of nitrogen functional groups attached to an aromatic ring is 1. The van der Waals surface area contributed by atoms with Crippen LogP contribution in [0.1, 0.15) is 5.56 Å². The third kappa shape index (κ3) is 1.44. The van der Waals surface area contributed by atoms with Gasteiger partial charge < -0.3 is 5.73 Å². The molecular weight excluding hydrogens is 178 g/mol. The van der Waals surface area contributed by atoms with Crippen molar-refractivity contribution in [2.24, 2.45) is 7.05 Å². The zero-order valence-corrected chi connectivity index (χ0v) is 8.10. The molecule has 2 aromatic rings. The van der Waals surface area contributed by atoms with E-state index in [2.05, 4.69) is 15.4 Å². The minimum absolute atomic E-state index is 0.630. The zero-order valence-electron chi connectivity index (χ0n) is 8.10. The largest absolute Gasteiger partial charge is 0.399 e. The Balaban J connectivity index is 2.52. The average Bonchev–Trinajstić information content (AvgIpc) is 2.51. The van der Waals surface area contributed by atoms with Crippen LogP contribution in [0.3, 0.4) is 0 Å². The van der Waals surface area contributed by atoms with Crippen molar-refractivity contribution >= 4 is 5.69 Å². The average molecular weight is 189 g/mol. The lowest BCUT2D eigenvalue weighted by Crippen LogP contribution is -1.93. The van der Waals surface area contributed by atoms with Crippen molar-refractivity contribution in [3.05, 3.63) is 23.8 Å². The molecule has 5 heteroatoms. The van der Waals surface area contributed by atoms with Gasteiger partial charge in [0.15, 0.2) is 0 Å². The van der Waals surface area contributed by atoms with E-state index in [0.717, 1.165) is 16.8 Å². The number of anilines is 1. The van der Waals surface area contributed by atoms with Gasteiger partial charge in [0.1, 0.15) is 0 Å². The first-order valence-corrected chi connectivity index (χ1v) is 4.27. The molecule has 0 bridgehead atoms. The number of hydrogen-bond acceptors (Lipinski definition) is 4. The van der Waals surface area contributed by atoms with Crippen LogP contribution in [-0.4, -0.2) is 20.2 Å². The summed E-state index contributed by atoms with van der Waals surface area (Å²) >= 11 is 0. The molecule has 1 aromatic heterocycles. The summed E-state index contributed by atoms with van der Waals surface area (Å²) in [6, 6.07) is 5.63. The molecule has 2 N–H and O–H groups in total. The Kier molecular flexibility index (Phi) is 1.92. The fraction of sp³-hybridized carbons (Fsp3) is 0.222. The van der Waals surface area contributed by atoms with E-state index in [1.807, 2.05) is 25.1 Å². The molecule has 5 nitrogen and oxygen atoms in total. The van der Waals surface area contributed by atoms with Gasteiger partial charge in [-0.1, -0.05) is 0 Å². The minimum atomic E-state index is 0.630. The molecule has 0 unspecified atom stereocenters. The Morgan fingerprint density at radius 3 is 2.71 bits per heavy atom. The Bertz CT molecular complexity index is 460. The summed E-state index contributed by atoms with van der Waals surface area (Å²) in [5.74, 6) is 0.630. The van der Waals surface area contributed by atoms with E-state index in [1.54, 1.807) is 7.05 Å². The number of rotatable bonds is 1. The summed E-state index contributed by atoms with van der Waals surface area (Å²) in [5.41, 5.74) is 8.41. The van der Waals surface area contributed by atoms with Crippen molar-refractivity contribution in [3.8, 4) is 11.4 Å². The highest BCUT2D eigenvalue weighted by Crippen LogP contribution is 2.20. The molecule has 0 saturated heterocycles. The first-order valence-electron chi connectivity index (χ1n) is 4.27. The standard InChI is InChI=1S/C9H11N5/c1-6-5-7(10)3-4-8(6)9-11-13-14(2)12-9/h3-5H,10H2,1-2H3. The Labute approximate surface area is 81.5 Å². The van der Waals surface area contributed by atoms with Crippen LogP contribution in [0.25, 0.3) is 11.4 Å². The zero-order chi connectivity index (χ0) is 10.1. The van der Waals surface area contributed by atoms with Gasteiger partial charge in [-0.3, -0.25) is 0 Å². The van der Waals surface area contributed by atoms with Gasteiger partial charge in [0, 0.05) is 11.3 Å². The first kappa shape index (κ1) is 8.68. The highest BCUT2D eigenvalue weighted by atomic mass is 15.6. The number of benzene rings is 1. The second-order valence-electron chi connectivity index (χ2n) is 3.18. The Hall–Kier alpha value is -1.91. The third-order valence-electron chi connectivity index (χ3n) is 2.00. The Morgan fingerprint density at radius 1 is 1.36 bits per heavy atom. The SMILES string of the molecule is Cc1cc(N)ccc1-c1nnn(C)n1. The summed E-state index contributed by atoms with van der Waals surface area (Å²) in [7, 11) is 1.74. The number of nitrogens with two attached hydrogens (primary N) is 1. The van der Waals surface area contributed by atoms with Crippen LogP contribution in [0.15, 0.2) is 18.2 Å². The van der Waals surface area contributed by atoms with Gasteiger partial charge in [0.2, 0.25) is 5.82 Å². The molecule has 0 aliphatic heterocycles. The van der Waals surface area contributed by atoms with Crippen molar-refractivity contribution in [3.63, 3.8) is 0 Å². The maximum Gasteiger partial charge on any atom is 0.205 e. The molecule has 1 aromatic carbocycles. The predicted octanol–water partition coefficient (Wildman–Crippen LogP) is 0.768. The van der Waals surface area contributed by atoms with Crippen molar-refractivity contribution in [1.82, 2.24) is 20.2 Å². The quantitative estimate of drug-likeness (QED) is 0.672. The normalized spacial score (nSPS) is 10.4. The number of tetrazole rings is 1. The highest BCUT2D eigenvalue weighted by molar-refractivity contribution is 5.62. The summed E-state index contributed by atoms with van der Waals surface area (Å²) in [6.07, 6.45) is 0. The van der Waals surface area contributed by atoms with Crippen LogP contribution >= 0.6 is 0 Å². The maximum absolute atomic E-state index is 5.65. The molecule has 0 aliphatic carbocycles. The van der Waals surface area contributed by atoms with Crippen LogP contribution in [-0.2, 0) is 7.05 Å². The van der Waals surface area contributed by atoms with Crippen LogP contribution < -0.4 is 5.73 Å². The van der Waals surface area contributed by atoms with E-state index in [1.165, 1.54) is 4.80 Å². The van der Waals surface area contributed by atoms with E-state index < -0.39 is 0 Å². The van der Waals surface area contributed by atoms with E-state index >= 15 is 0 Å². The highest BCUT2D eigenvalue weighted by Gasteiger charge is 2.06. The summed E-state index contributed by atoms with van der Waals surface area (Å²) in [5, 5.41) is 11.8. The second kappa shape index (κ2) is 3.10. The van der Waals surface area contributed by atoms with Gasteiger partial charge in [0.25, 0.3) is 0 Å². The fourth-order valence-corrected chi connectivity index (χ4v) is 1.33. The van der Waals surface area contributed by atoms with Crippen molar-refractivity contribution in [1.29, 1.82) is 0 Å². The molecule has 0 spiro atoms. The van der Waals surface area contributed by atoms with Gasteiger partial charge in [-0.2, -0.15) is 4.80 Å². The van der Waals surface area contributed by atoms with Crippen molar-refractivity contribution in [2.45, 2.75) is 6.92 Å². The van der Waals surface area contributed by atoms with Gasteiger partial charge in [-0.05, 0) is 35.9 Å². The number of aromatic nitrogens is 4. The minimum Gasteiger partial charge on any atom is -0.399 e. The second-order valence-corrected chi connectivity index (χ2v) is 3.18. The number of aryl methyl sites for hydroxylation is 2. The molecule has 72 valence electrons. The topological polar surface area (TPSA) is 69.6 Å². The van der Waals surface area contributed by atoms with Gasteiger partial charge in [-0.15, -0.1) is 10.2 Å². The first-order chi connectivity index (χ1) is 6.66. The molecule has 0 aliphatic rings. The lowest BCUT2D eigenvalue weighted by atomic mass is 10.1. The van der Waals surface area contributed by atoms with Gasteiger partial charge in [-0.25, -0.2) is 0 Å². The molecule has 0 atom stereocenters. The summed E-state index contributed by atoms with van der Waals surface area (Å²) < 4.78 is 0.